The van der Waals surface area contributed by atoms with Crippen LogP contribution in [0.1, 0.15) is 24.9 Å². The summed E-state index contributed by atoms with van der Waals surface area (Å²) in [4.78, 5) is 14.1. The molecule has 23 heavy (non-hydrogen) atoms. The molecule has 2 atom stereocenters. The number of carbonyl (C=O) groups excluding carboxylic acids is 1. The van der Waals surface area contributed by atoms with E-state index in [0.29, 0.717) is 6.54 Å². The molecule has 0 aromatic heterocycles. The Bertz CT molecular complexity index is 843. The van der Waals surface area contributed by atoms with Crippen molar-refractivity contribution in [3.8, 4) is 0 Å². The number of fused-ring (bicyclic) bond motifs is 1. The zero-order valence-electron chi connectivity index (χ0n) is 13.0. The zero-order valence-corrected chi connectivity index (χ0v) is 13.8. The number of sulfonamides is 1. The Hall–Kier alpha value is -1.92. The summed E-state index contributed by atoms with van der Waals surface area (Å²) >= 11 is 0. The molecule has 1 heterocycles. The normalized spacial score (nSPS) is 20.2. The molecule has 1 fully saturated rings. The van der Waals surface area contributed by atoms with Gasteiger partial charge in [-0.15, -0.1) is 0 Å². The predicted molar refractivity (Wildman–Crippen MR) is 90.2 cm³/mol. The maximum atomic E-state index is 12.3. The summed E-state index contributed by atoms with van der Waals surface area (Å²) in [6, 6.07) is 14.0. The third kappa shape index (κ3) is 3.38. The molecule has 2 aromatic rings. The van der Waals surface area contributed by atoms with Gasteiger partial charge in [0.2, 0.25) is 15.9 Å². The second-order valence-corrected chi connectivity index (χ2v) is 7.85. The lowest BCUT2D eigenvalue weighted by Gasteiger charge is -2.26. The van der Waals surface area contributed by atoms with Crippen LogP contribution in [0.4, 0.5) is 0 Å². The highest BCUT2D eigenvalue weighted by Crippen LogP contribution is 2.32. The molecule has 1 saturated heterocycles. The molecule has 122 valence electrons. The molecule has 0 saturated carbocycles. The van der Waals surface area contributed by atoms with Gasteiger partial charge in [-0.05, 0) is 23.3 Å². The Morgan fingerprint density at radius 3 is 2.65 bits per heavy atom. The summed E-state index contributed by atoms with van der Waals surface area (Å²) in [6.07, 6.45) is 0.242. The van der Waals surface area contributed by atoms with E-state index < -0.39 is 10.0 Å². The second kappa shape index (κ2) is 5.94. The van der Waals surface area contributed by atoms with Crippen LogP contribution < -0.4 is 5.14 Å². The number of benzene rings is 2. The summed E-state index contributed by atoms with van der Waals surface area (Å²) in [5.74, 6) is -0.383. The van der Waals surface area contributed by atoms with Crippen LogP contribution >= 0.6 is 0 Å². The minimum atomic E-state index is -3.56. The molecule has 1 aliphatic heterocycles. The first-order chi connectivity index (χ1) is 10.8. The van der Waals surface area contributed by atoms with Crippen LogP contribution in [0, 0.1) is 5.92 Å². The zero-order chi connectivity index (χ0) is 16.6. The molecule has 5 nitrogen and oxygen atoms in total. The van der Waals surface area contributed by atoms with Crippen molar-refractivity contribution in [2.24, 2.45) is 11.1 Å². The minimum absolute atomic E-state index is 0.0147. The molecular weight excluding hydrogens is 312 g/mol. The number of nitrogens with zero attached hydrogens (tertiary/aromatic N) is 1. The second-order valence-electron chi connectivity index (χ2n) is 6.19. The van der Waals surface area contributed by atoms with Gasteiger partial charge in [-0.2, -0.15) is 0 Å². The molecule has 1 aliphatic rings. The molecule has 0 aliphatic carbocycles. The Balaban J connectivity index is 1.88. The van der Waals surface area contributed by atoms with Crippen molar-refractivity contribution >= 4 is 26.7 Å². The average Bonchev–Trinajstić information content (AvgIpc) is 2.84. The van der Waals surface area contributed by atoms with Gasteiger partial charge in [0.25, 0.3) is 0 Å². The van der Waals surface area contributed by atoms with E-state index in [1.54, 1.807) is 4.90 Å². The largest absolute Gasteiger partial charge is 0.336 e. The number of amides is 1. The average molecular weight is 332 g/mol. The van der Waals surface area contributed by atoms with Crippen LogP contribution in [0.25, 0.3) is 10.8 Å². The summed E-state index contributed by atoms with van der Waals surface area (Å²) in [7, 11) is -3.56. The van der Waals surface area contributed by atoms with E-state index in [1.165, 1.54) is 0 Å². The molecule has 0 spiro atoms. The Morgan fingerprint density at radius 1 is 1.22 bits per heavy atom. The van der Waals surface area contributed by atoms with Gasteiger partial charge < -0.3 is 4.90 Å². The highest BCUT2D eigenvalue weighted by atomic mass is 32.2. The first-order valence-corrected chi connectivity index (χ1v) is 9.34. The number of rotatable bonds is 4. The Kier molecular flexibility index (Phi) is 4.12. The van der Waals surface area contributed by atoms with Crippen molar-refractivity contribution in [2.45, 2.75) is 19.4 Å². The van der Waals surface area contributed by atoms with Crippen LogP contribution in [0.5, 0.6) is 0 Å². The summed E-state index contributed by atoms with van der Waals surface area (Å²) < 4.78 is 22.5. The van der Waals surface area contributed by atoms with E-state index in [-0.39, 0.29) is 30.0 Å². The number of carbonyl (C=O) groups is 1. The Morgan fingerprint density at radius 2 is 1.91 bits per heavy atom. The fraction of sp³-hybridized carbons (Fsp3) is 0.353. The summed E-state index contributed by atoms with van der Waals surface area (Å²) in [5.41, 5.74) is 1.08. The van der Waals surface area contributed by atoms with Gasteiger partial charge in [-0.25, -0.2) is 13.6 Å². The molecule has 3 rings (SSSR count). The highest BCUT2D eigenvalue weighted by molar-refractivity contribution is 7.89. The van der Waals surface area contributed by atoms with E-state index in [4.69, 9.17) is 5.14 Å². The van der Waals surface area contributed by atoms with Crippen LogP contribution in [0.3, 0.4) is 0 Å². The molecule has 1 amide bonds. The number of likely N-dealkylation sites (tertiary alicyclic amines) is 1. The minimum Gasteiger partial charge on any atom is -0.336 e. The van der Waals surface area contributed by atoms with Gasteiger partial charge >= 0.3 is 0 Å². The number of primary sulfonamides is 1. The van der Waals surface area contributed by atoms with Crippen molar-refractivity contribution in [3.05, 3.63) is 48.0 Å². The molecule has 2 N–H and O–H groups in total. The van der Waals surface area contributed by atoms with Gasteiger partial charge in [0.15, 0.2) is 0 Å². The molecule has 2 aromatic carbocycles. The van der Waals surface area contributed by atoms with E-state index in [2.05, 4.69) is 0 Å². The van der Waals surface area contributed by atoms with Crippen molar-refractivity contribution in [2.75, 3.05) is 12.3 Å². The lowest BCUT2D eigenvalue weighted by molar-refractivity contribution is -0.129. The van der Waals surface area contributed by atoms with E-state index in [0.717, 1.165) is 16.3 Å². The summed E-state index contributed by atoms with van der Waals surface area (Å²) in [5, 5.41) is 7.36. The lowest BCUT2D eigenvalue weighted by atomic mass is 9.99. The van der Waals surface area contributed by atoms with Crippen molar-refractivity contribution < 1.29 is 13.2 Å². The predicted octanol–water partition coefficient (Wildman–Crippen LogP) is 2.04. The smallest absolute Gasteiger partial charge is 0.223 e. The van der Waals surface area contributed by atoms with Gasteiger partial charge in [0.05, 0.1) is 11.8 Å². The quantitative estimate of drug-likeness (QED) is 0.930. The van der Waals surface area contributed by atoms with Gasteiger partial charge in [0, 0.05) is 18.9 Å². The highest BCUT2D eigenvalue weighted by Gasteiger charge is 2.35. The summed E-state index contributed by atoms with van der Waals surface area (Å²) in [6.45, 7) is 2.42. The molecule has 2 unspecified atom stereocenters. The van der Waals surface area contributed by atoms with Crippen molar-refractivity contribution in [1.29, 1.82) is 0 Å². The van der Waals surface area contributed by atoms with Crippen molar-refractivity contribution in [1.82, 2.24) is 4.90 Å². The van der Waals surface area contributed by atoms with E-state index >= 15 is 0 Å². The number of hydrogen-bond acceptors (Lipinski definition) is 3. The van der Waals surface area contributed by atoms with E-state index in [9.17, 15) is 13.2 Å². The molecular formula is C17H20N2O3S. The monoisotopic (exact) mass is 332 g/mol. The maximum Gasteiger partial charge on any atom is 0.223 e. The first-order valence-electron chi connectivity index (χ1n) is 7.63. The topological polar surface area (TPSA) is 80.5 Å². The number of hydrogen-bond donors (Lipinski definition) is 1. The molecule has 0 radical (unpaired) electrons. The van der Waals surface area contributed by atoms with Gasteiger partial charge in [-0.3, -0.25) is 4.79 Å². The van der Waals surface area contributed by atoms with Gasteiger partial charge in [0.1, 0.15) is 0 Å². The third-order valence-electron chi connectivity index (χ3n) is 4.45. The molecule has 6 heteroatoms. The molecule has 0 bridgehead atoms. The van der Waals surface area contributed by atoms with Crippen molar-refractivity contribution in [3.63, 3.8) is 0 Å². The van der Waals surface area contributed by atoms with Crippen LogP contribution in [-0.4, -0.2) is 31.5 Å². The van der Waals surface area contributed by atoms with Crippen LogP contribution in [-0.2, 0) is 14.8 Å². The first kappa shape index (κ1) is 16.0. The standard InChI is InChI=1S/C17H20N2O3S/c1-12(15-8-4-6-14-5-2-3-7-16(14)15)19-10-13(9-17(19)20)11-23(18,21)22/h2-8,12-13H,9-11H2,1H3,(H2,18,21,22). The van der Waals surface area contributed by atoms with Gasteiger partial charge in [-0.1, -0.05) is 42.5 Å². The fourth-order valence-electron chi connectivity index (χ4n) is 3.41. The number of nitrogens with two attached hydrogens (primary N) is 1. The Labute approximate surface area is 136 Å². The SMILES string of the molecule is CC(c1cccc2ccccc12)N1CC(CS(N)(=O)=O)CC1=O. The third-order valence-corrected chi connectivity index (χ3v) is 5.38. The fourth-order valence-corrected chi connectivity index (χ4v) is 4.29. The maximum absolute atomic E-state index is 12.3. The van der Waals surface area contributed by atoms with Crippen LogP contribution in [0.2, 0.25) is 0 Å². The lowest BCUT2D eigenvalue weighted by Crippen LogP contribution is -2.30. The van der Waals surface area contributed by atoms with E-state index in [1.807, 2.05) is 49.4 Å². The van der Waals surface area contributed by atoms with Crippen LogP contribution in [0.15, 0.2) is 42.5 Å².